The molecule has 0 saturated carbocycles. The predicted molar refractivity (Wildman–Crippen MR) is 150 cm³/mol. The molecule has 212 valence electrons. The first kappa shape index (κ1) is 33.4. The monoisotopic (exact) mass is 559 g/mol. The summed E-state index contributed by atoms with van der Waals surface area (Å²) in [5.41, 5.74) is 6.91. The highest BCUT2D eigenvalue weighted by Gasteiger charge is 2.30. The molecule has 4 N–H and O–H groups in total. The van der Waals surface area contributed by atoms with Gasteiger partial charge in [0.2, 0.25) is 5.91 Å². The van der Waals surface area contributed by atoms with Crippen molar-refractivity contribution >= 4 is 34.3 Å². The lowest BCUT2D eigenvalue weighted by Crippen LogP contribution is -2.50. The van der Waals surface area contributed by atoms with Gasteiger partial charge in [-0.2, -0.15) is 12.6 Å². The second kappa shape index (κ2) is 17.0. The van der Waals surface area contributed by atoms with E-state index in [1.165, 1.54) is 0 Å². The summed E-state index contributed by atoms with van der Waals surface area (Å²) in [6.07, 6.45) is 0.875. The molecule has 1 aromatic carbocycles. The Hall–Kier alpha value is -1.66. The SMILES string of the molecule is CC[C@H](C)[C@H](CO[C@@H](Cc1ccccc1)C(=O)N[C@@H](CCS(C)(=O)=O)C(=O)OC(C)C)NC[C@@H](N)CS. The first-order valence-electron chi connectivity index (χ1n) is 12.8. The molecule has 9 nitrogen and oxygen atoms in total. The number of nitrogens with one attached hydrogen (secondary N) is 2. The number of benzene rings is 1. The average Bonchev–Trinajstić information content (AvgIpc) is 2.84. The molecule has 5 atom stereocenters. The van der Waals surface area contributed by atoms with E-state index in [9.17, 15) is 18.0 Å². The lowest BCUT2D eigenvalue weighted by atomic mass is 9.99. The number of amides is 1. The van der Waals surface area contributed by atoms with Crippen molar-refractivity contribution in [1.82, 2.24) is 10.6 Å². The van der Waals surface area contributed by atoms with Crippen LogP contribution >= 0.6 is 12.6 Å². The molecular formula is C26H45N3O6S2. The molecule has 37 heavy (non-hydrogen) atoms. The van der Waals surface area contributed by atoms with Gasteiger partial charge in [-0.05, 0) is 31.7 Å². The molecule has 0 spiro atoms. The zero-order valence-corrected chi connectivity index (χ0v) is 24.4. The van der Waals surface area contributed by atoms with Gasteiger partial charge in [-0.1, -0.05) is 50.6 Å². The second-order valence-electron chi connectivity index (χ2n) is 9.82. The van der Waals surface area contributed by atoms with Crippen LogP contribution in [0.25, 0.3) is 0 Å². The van der Waals surface area contributed by atoms with Gasteiger partial charge in [0, 0.05) is 37.1 Å². The summed E-state index contributed by atoms with van der Waals surface area (Å²) in [6, 6.07) is 8.17. The zero-order chi connectivity index (χ0) is 28.0. The molecule has 0 aliphatic carbocycles. The highest BCUT2D eigenvalue weighted by atomic mass is 32.2. The summed E-state index contributed by atoms with van der Waals surface area (Å²) in [5, 5.41) is 6.11. The van der Waals surface area contributed by atoms with E-state index in [0.29, 0.717) is 12.3 Å². The fourth-order valence-electron chi connectivity index (χ4n) is 3.51. The quantitative estimate of drug-likeness (QED) is 0.158. The predicted octanol–water partition coefficient (Wildman–Crippen LogP) is 1.75. The molecule has 0 aliphatic heterocycles. The number of hydrogen-bond donors (Lipinski definition) is 4. The Balaban J connectivity index is 3.08. The summed E-state index contributed by atoms with van der Waals surface area (Å²) in [7, 11) is -3.35. The summed E-state index contributed by atoms with van der Waals surface area (Å²) in [4.78, 5) is 26.1. The number of rotatable bonds is 18. The number of hydrogen-bond acceptors (Lipinski definition) is 9. The van der Waals surface area contributed by atoms with E-state index >= 15 is 0 Å². The van der Waals surface area contributed by atoms with Crippen molar-refractivity contribution in [2.24, 2.45) is 11.7 Å². The van der Waals surface area contributed by atoms with Crippen molar-refractivity contribution in [1.29, 1.82) is 0 Å². The summed E-state index contributed by atoms with van der Waals surface area (Å²) in [5.74, 6) is -0.637. The number of carbonyl (C=O) groups is 2. The Morgan fingerprint density at radius 2 is 1.78 bits per heavy atom. The van der Waals surface area contributed by atoms with Crippen LogP contribution in [0.15, 0.2) is 30.3 Å². The van der Waals surface area contributed by atoms with E-state index in [1.54, 1.807) is 13.8 Å². The number of carbonyl (C=O) groups excluding carboxylic acids is 2. The normalized spacial score (nSPS) is 16.0. The Bertz CT molecular complexity index is 914. The van der Waals surface area contributed by atoms with Crippen molar-refractivity contribution in [3.8, 4) is 0 Å². The average molecular weight is 560 g/mol. The zero-order valence-electron chi connectivity index (χ0n) is 22.7. The number of sulfone groups is 1. The van der Waals surface area contributed by atoms with Crippen LogP contribution in [0, 0.1) is 5.92 Å². The maximum absolute atomic E-state index is 13.4. The maximum atomic E-state index is 13.4. The Morgan fingerprint density at radius 3 is 2.32 bits per heavy atom. The highest BCUT2D eigenvalue weighted by Crippen LogP contribution is 2.13. The van der Waals surface area contributed by atoms with E-state index in [4.69, 9.17) is 15.2 Å². The lowest BCUT2D eigenvalue weighted by molar-refractivity contribution is -0.153. The third-order valence-electron chi connectivity index (χ3n) is 5.97. The Labute approximate surface area is 228 Å². The smallest absolute Gasteiger partial charge is 0.328 e. The Kier molecular flexibility index (Phi) is 15.4. The van der Waals surface area contributed by atoms with Gasteiger partial charge in [0.25, 0.3) is 0 Å². The molecule has 1 amide bonds. The summed E-state index contributed by atoms with van der Waals surface area (Å²) < 4.78 is 34.9. The van der Waals surface area contributed by atoms with Gasteiger partial charge in [0.1, 0.15) is 22.0 Å². The molecule has 1 rings (SSSR count). The molecule has 11 heteroatoms. The van der Waals surface area contributed by atoms with Crippen LogP contribution in [-0.4, -0.2) is 81.5 Å². The van der Waals surface area contributed by atoms with Crippen LogP contribution in [0.1, 0.15) is 46.1 Å². The number of ether oxygens (including phenoxy) is 2. The van der Waals surface area contributed by atoms with Crippen LogP contribution in [-0.2, 0) is 35.3 Å². The fraction of sp³-hybridized carbons (Fsp3) is 0.692. The molecular weight excluding hydrogens is 514 g/mol. The first-order valence-corrected chi connectivity index (χ1v) is 15.5. The van der Waals surface area contributed by atoms with Crippen molar-refractivity contribution in [2.75, 3.05) is 30.9 Å². The lowest BCUT2D eigenvalue weighted by Gasteiger charge is -2.28. The molecule has 0 unspecified atom stereocenters. The maximum Gasteiger partial charge on any atom is 0.328 e. The molecule has 0 fully saturated rings. The Morgan fingerprint density at radius 1 is 1.14 bits per heavy atom. The fourth-order valence-corrected chi connectivity index (χ4v) is 4.30. The molecule has 1 aromatic rings. The van der Waals surface area contributed by atoms with Crippen molar-refractivity contribution in [3.05, 3.63) is 35.9 Å². The highest BCUT2D eigenvalue weighted by molar-refractivity contribution is 7.90. The summed E-state index contributed by atoms with van der Waals surface area (Å²) >= 11 is 4.24. The molecule has 0 heterocycles. The van der Waals surface area contributed by atoms with Crippen molar-refractivity contribution in [2.45, 2.75) is 77.3 Å². The van der Waals surface area contributed by atoms with Gasteiger partial charge < -0.3 is 25.8 Å². The van der Waals surface area contributed by atoms with E-state index in [-0.39, 0.29) is 43.2 Å². The number of thiol groups is 1. The van der Waals surface area contributed by atoms with E-state index in [2.05, 4.69) is 37.1 Å². The molecule has 0 aromatic heterocycles. The van der Waals surface area contributed by atoms with Crippen LogP contribution in [0.3, 0.4) is 0 Å². The molecule has 0 radical (unpaired) electrons. The van der Waals surface area contributed by atoms with Gasteiger partial charge >= 0.3 is 5.97 Å². The second-order valence-corrected chi connectivity index (χ2v) is 12.4. The van der Waals surface area contributed by atoms with E-state index < -0.39 is 40.0 Å². The summed E-state index contributed by atoms with van der Waals surface area (Å²) in [6.45, 7) is 8.38. The van der Waals surface area contributed by atoms with Crippen LogP contribution < -0.4 is 16.4 Å². The van der Waals surface area contributed by atoms with Gasteiger partial charge in [0.15, 0.2) is 0 Å². The number of nitrogens with two attached hydrogens (primary N) is 1. The minimum absolute atomic E-state index is 0.0473. The van der Waals surface area contributed by atoms with E-state index in [0.717, 1.165) is 18.2 Å². The van der Waals surface area contributed by atoms with Gasteiger partial charge in [-0.3, -0.25) is 4.79 Å². The van der Waals surface area contributed by atoms with Gasteiger partial charge in [0.05, 0.1) is 18.5 Å². The van der Waals surface area contributed by atoms with Crippen molar-refractivity contribution < 1.29 is 27.5 Å². The molecule has 0 saturated heterocycles. The minimum Gasteiger partial charge on any atom is -0.461 e. The first-order chi connectivity index (χ1) is 17.4. The van der Waals surface area contributed by atoms with Crippen LogP contribution in [0.5, 0.6) is 0 Å². The van der Waals surface area contributed by atoms with Gasteiger partial charge in [-0.15, -0.1) is 0 Å². The number of esters is 1. The van der Waals surface area contributed by atoms with E-state index in [1.807, 2.05) is 30.3 Å². The standard InChI is InChI=1S/C26H45N3O6S2/c1-6-19(4)23(28-15-21(27)17-36)16-34-24(14-20-10-8-7-9-11-20)25(30)29-22(12-13-37(5,32)33)26(31)35-18(2)3/h7-11,18-19,21-24,28,36H,6,12-17,27H2,1-5H3,(H,29,30)/t19-,21+,22-,23-,24-/m0/s1. The van der Waals surface area contributed by atoms with Crippen LogP contribution in [0.4, 0.5) is 0 Å². The third kappa shape index (κ3) is 14.2. The molecule has 0 bridgehead atoms. The largest absolute Gasteiger partial charge is 0.461 e. The minimum atomic E-state index is -3.35. The molecule has 0 aliphatic rings. The van der Waals surface area contributed by atoms with Crippen molar-refractivity contribution in [3.63, 3.8) is 0 Å². The van der Waals surface area contributed by atoms with Gasteiger partial charge in [-0.25, -0.2) is 13.2 Å². The topological polar surface area (TPSA) is 137 Å². The third-order valence-corrected chi connectivity index (χ3v) is 7.42. The van der Waals surface area contributed by atoms with Crippen LogP contribution in [0.2, 0.25) is 0 Å².